The van der Waals surface area contributed by atoms with E-state index < -0.39 is 0 Å². The molecule has 0 amide bonds. The van der Waals surface area contributed by atoms with E-state index in [-0.39, 0.29) is 6.04 Å². The zero-order chi connectivity index (χ0) is 11.1. The Balaban J connectivity index is 2.47. The maximum absolute atomic E-state index is 5.78. The molecule has 1 rings (SSSR count). The monoisotopic (exact) mass is 249 g/mol. The van der Waals surface area contributed by atoms with Crippen molar-refractivity contribution < 1.29 is 4.74 Å². The van der Waals surface area contributed by atoms with Gasteiger partial charge in [-0.1, -0.05) is 6.92 Å². The molecule has 0 aliphatic carbocycles. The summed E-state index contributed by atoms with van der Waals surface area (Å²) in [6.45, 7) is 2.69. The summed E-state index contributed by atoms with van der Waals surface area (Å²) < 4.78 is 9.27. The molecule has 1 unspecified atom stereocenters. The summed E-state index contributed by atoms with van der Waals surface area (Å²) in [5.41, 5.74) is 0. The van der Waals surface area contributed by atoms with E-state index >= 15 is 0 Å². The maximum atomic E-state index is 5.78. The molecule has 86 valence electrons. The van der Waals surface area contributed by atoms with Crippen molar-refractivity contribution in [1.82, 2.24) is 9.36 Å². The molecule has 0 saturated heterocycles. The molecule has 1 aromatic heterocycles. The summed E-state index contributed by atoms with van der Waals surface area (Å²) in [6.07, 6.45) is 1.99. The lowest BCUT2D eigenvalue weighted by atomic mass is 10.3. The van der Waals surface area contributed by atoms with E-state index in [1.165, 1.54) is 11.5 Å². The third-order valence-electron chi connectivity index (χ3n) is 1.82. The molecule has 1 heterocycles. The number of halogens is 1. The number of alkyl halides is 1. The summed E-state index contributed by atoms with van der Waals surface area (Å²) >= 11 is 7.15. The molecule has 0 fully saturated rings. The highest BCUT2D eigenvalue weighted by Gasteiger charge is 2.09. The molecule has 0 radical (unpaired) electrons. The number of hydrogen-bond acceptors (Lipinski definition) is 5. The van der Waals surface area contributed by atoms with Crippen molar-refractivity contribution in [3.63, 3.8) is 0 Å². The van der Waals surface area contributed by atoms with E-state index in [4.69, 9.17) is 16.3 Å². The maximum Gasteiger partial charge on any atom is 0.202 e. The Hall–Kier alpha value is -0.390. The van der Waals surface area contributed by atoms with Gasteiger partial charge in [-0.3, -0.25) is 0 Å². The minimum absolute atomic E-state index is 0.0964. The standard InChI is InChI=1S/C9H16ClN3OS/c1-3-4-8-12-9(15-13-8)11-7(5-10)6-14-2/h7H,3-6H2,1-2H3,(H,11,12,13). The number of hydrogen-bond donors (Lipinski definition) is 1. The molecule has 0 aromatic carbocycles. The highest BCUT2D eigenvalue weighted by molar-refractivity contribution is 7.09. The van der Waals surface area contributed by atoms with Crippen molar-refractivity contribution >= 4 is 28.3 Å². The van der Waals surface area contributed by atoms with Gasteiger partial charge in [0.15, 0.2) is 0 Å². The third-order valence-corrected chi connectivity index (χ3v) is 2.88. The van der Waals surface area contributed by atoms with Crippen LogP contribution in [0.15, 0.2) is 0 Å². The first kappa shape index (κ1) is 12.7. The second kappa shape index (κ2) is 6.98. The number of nitrogens with zero attached hydrogens (tertiary/aromatic N) is 2. The van der Waals surface area contributed by atoms with Gasteiger partial charge in [0.25, 0.3) is 0 Å². The van der Waals surface area contributed by atoms with Crippen LogP contribution in [0.3, 0.4) is 0 Å². The average Bonchev–Trinajstić information content (AvgIpc) is 2.66. The van der Waals surface area contributed by atoms with Crippen LogP contribution in [0.5, 0.6) is 0 Å². The molecule has 0 aliphatic heterocycles. The molecule has 0 aliphatic rings. The van der Waals surface area contributed by atoms with Gasteiger partial charge in [-0.25, -0.2) is 4.98 Å². The first-order valence-corrected chi connectivity index (χ1v) is 6.25. The van der Waals surface area contributed by atoms with Crippen LogP contribution in [-0.2, 0) is 11.2 Å². The number of aryl methyl sites for hydroxylation is 1. The zero-order valence-electron chi connectivity index (χ0n) is 8.99. The molecule has 0 bridgehead atoms. The van der Waals surface area contributed by atoms with Crippen LogP contribution >= 0.6 is 23.1 Å². The predicted octanol–water partition coefficient (Wildman–Crippen LogP) is 2.16. The Labute approximate surface area is 99.2 Å². The SMILES string of the molecule is CCCc1nsc(NC(CCl)COC)n1. The van der Waals surface area contributed by atoms with Crippen molar-refractivity contribution in [3.8, 4) is 0 Å². The second-order valence-corrected chi connectivity index (χ2v) is 4.28. The Kier molecular flexibility index (Phi) is 5.90. The van der Waals surface area contributed by atoms with E-state index in [1.54, 1.807) is 7.11 Å². The number of rotatable bonds is 7. The molecule has 6 heteroatoms. The van der Waals surface area contributed by atoms with Crippen LogP contribution in [0.2, 0.25) is 0 Å². The Morgan fingerprint density at radius 1 is 1.60 bits per heavy atom. The number of anilines is 1. The fourth-order valence-electron chi connectivity index (χ4n) is 1.14. The molecule has 4 nitrogen and oxygen atoms in total. The van der Waals surface area contributed by atoms with Gasteiger partial charge in [0.05, 0.1) is 12.6 Å². The lowest BCUT2D eigenvalue weighted by Gasteiger charge is -2.12. The van der Waals surface area contributed by atoms with Gasteiger partial charge in [0.1, 0.15) is 5.82 Å². The van der Waals surface area contributed by atoms with E-state index in [0.717, 1.165) is 23.8 Å². The van der Waals surface area contributed by atoms with Gasteiger partial charge in [0, 0.05) is 30.9 Å². The lowest BCUT2D eigenvalue weighted by Crippen LogP contribution is -2.26. The van der Waals surface area contributed by atoms with Gasteiger partial charge in [-0.15, -0.1) is 11.6 Å². The fraction of sp³-hybridized carbons (Fsp3) is 0.778. The summed E-state index contributed by atoms with van der Waals surface area (Å²) in [7, 11) is 1.66. The van der Waals surface area contributed by atoms with Gasteiger partial charge >= 0.3 is 0 Å². The number of nitrogens with one attached hydrogen (secondary N) is 1. The van der Waals surface area contributed by atoms with Gasteiger partial charge < -0.3 is 10.1 Å². The predicted molar refractivity (Wildman–Crippen MR) is 63.9 cm³/mol. The fourth-order valence-corrected chi connectivity index (χ4v) is 1.99. The number of aromatic nitrogens is 2. The van der Waals surface area contributed by atoms with Crippen LogP contribution in [0, 0.1) is 0 Å². The van der Waals surface area contributed by atoms with Crippen LogP contribution < -0.4 is 5.32 Å². The highest BCUT2D eigenvalue weighted by Crippen LogP contribution is 2.13. The molecule has 15 heavy (non-hydrogen) atoms. The van der Waals surface area contributed by atoms with Crippen molar-refractivity contribution in [2.45, 2.75) is 25.8 Å². The van der Waals surface area contributed by atoms with Crippen molar-refractivity contribution in [2.24, 2.45) is 0 Å². The zero-order valence-corrected chi connectivity index (χ0v) is 10.6. The number of ether oxygens (including phenoxy) is 1. The molecule has 1 aromatic rings. The van der Waals surface area contributed by atoms with Crippen molar-refractivity contribution in [1.29, 1.82) is 0 Å². The summed E-state index contributed by atoms with van der Waals surface area (Å²) in [4.78, 5) is 4.35. The van der Waals surface area contributed by atoms with Crippen LogP contribution in [0.25, 0.3) is 0 Å². The first-order chi connectivity index (χ1) is 7.30. The quantitative estimate of drug-likeness (QED) is 0.753. The summed E-state index contributed by atoms with van der Waals surface area (Å²) in [6, 6.07) is 0.0964. The summed E-state index contributed by atoms with van der Waals surface area (Å²) in [5.74, 6) is 1.40. The van der Waals surface area contributed by atoms with E-state index in [1.807, 2.05) is 0 Å². The van der Waals surface area contributed by atoms with E-state index in [9.17, 15) is 0 Å². The Bertz CT molecular complexity index is 282. The molecule has 1 atom stereocenters. The minimum atomic E-state index is 0.0964. The largest absolute Gasteiger partial charge is 0.383 e. The Morgan fingerprint density at radius 2 is 2.40 bits per heavy atom. The van der Waals surface area contributed by atoms with Crippen LogP contribution in [0.1, 0.15) is 19.2 Å². The van der Waals surface area contributed by atoms with Gasteiger partial charge in [-0.05, 0) is 6.42 Å². The Morgan fingerprint density at radius 3 is 3.00 bits per heavy atom. The summed E-state index contributed by atoms with van der Waals surface area (Å²) in [5, 5.41) is 4.02. The van der Waals surface area contributed by atoms with Crippen LogP contribution in [0.4, 0.5) is 5.13 Å². The van der Waals surface area contributed by atoms with Crippen LogP contribution in [-0.4, -0.2) is 35.0 Å². The first-order valence-electron chi connectivity index (χ1n) is 4.94. The topological polar surface area (TPSA) is 47.0 Å². The smallest absolute Gasteiger partial charge is 0.202 e. The van der Waals surface area contributed by atoms with E-state index in [2.05, 4.69) is 21.6 Å². The second-order valence-electron chi connectivity index (χ2n) is 3.22. The van der Waals surface area contributed by atoms with Gasteiger partial charge in [-0.2, -0.15) is 4.37 Å². The van der Waals surface area contributed by atoms with E-state index in [0.29, 0.717) is 12.5 Å². The van der Waals surface area contributed by atoms with Gasteiger partial charge in [0.2, 0.25) is 5.13 Å². The average molecular weight is 250 g/mol. The molecule has 0 spiro atoms. The highest BCUT2D eigenvalue weighted by atomic mass is 35.5. The lowest BCUT2D eigenvalue weighted by molar-refractivity contribution is 0.191. The minimum Gasteiger partial charge on any atom is -0.383 e. The third kappa shape index (κ3) is 4.32. The molecular weight excluding hydrogens is 234 g/mol. The number of methoxy groups -OCH3 is 1. The normalized spacial score (nSPS) is 12.7. The van der Waals surface area contributed by atoms with Crippen molar-refractivity contribution in [2.75, 3.05) is 24.9 Å². The molecule has 0 saturated carbocycles. The molecule has 1 N–H and O–H groups in total. The van der Waals surface area contributed by atoms with Crippen molar-refractivity contribution in [3.05, 3.63) is 5.82 Å². The molecular formula is C9H16ClN3OS.